The zero-order valence-corrected chi connectivity index (χ0v) is 18.7. The molecule has 1 aromatic carbocycles. The van der Waals surface area contributed by atoms with E-state index in [9.17, 15) is 0 Å². The third kappa shape index (κ3) is 4.08. The Bertz CT molecular complexity index is 1020. The summed E-state index contributed by atoms with van der Waals surface area (Å²) in [5, 5.41) is 5.01. The summed E-state index contributed by atoms with van der Waals surface area (Å²) in [4.78, 5) is 6.87. The van der Waals surface area contributed by atoms with Gasteiger partial charge in [0, 0.05) is 49.1 Å². The van der Waals surface area contributed by atoms with E-state index in [1.165, 1.54) is 0 Å². The SMILES string of the molecule is COCCCN1C(=S)N[C@@H](c2ccccn2)[C@H]1c1cccn1-c1ccc(Cl)c(C)c1. The Labute approximate surface area is 187 Å². The molecule has 3 aromatic rings. The minimum absolute atomic E-state index is 0.00948. The van der Waals surface area contributed by atoms with Gasteiger partial charge in [0.1, 0.15) is 0 Å². The smallest absolute Gasteiger partial charge is 0.170 e. The van der Waals surface area contributed by atoms with Gasteiger partial charge >= 0.3 is 0 Å². The topological polar surface area (TPSA) is 42.3 Å². The van der Waals surface area contributed by atoms with Crippen LogP contribution < -0.4 is 5.32 Å². The fraction of sp³-hybridized carbons (Fsp3) is 0.304. The summed E-state index contributed by atoms with van der Waals surface area (Å²) in [5.74, 6) is 0. The quantitative estimate of drug-likeness (QED) is 0.420. The molecule has 30 heavy (non-hydrogen) atoms. The van der Waals surface area contributed by atoms with Crippen LogP contribution in [0.2, 0.25) is 5.02 Å². The molecule has 2 aromatic heterocycles. The molecule has 1 aliphatic rings. The van der Waals surface area contributed by atoms with Crippen LogP contribution in [0.25, 0.3) is 5.69 Å². The predicted molar refractivity (Wildman–Crippen MR) is 124 cm³/mol. The maximum Gasteiger partial charge on any atom is 0.170 e. The zero-order chi connectivity index (χ0) is 21.1. The van der Waals surface area contributed by atoms with Crippen LogP contribution in [0, 0.1) is 6.92 Å². The number of ether oxygens (including phenoxy) is 1. The van der Waals surface area contributed by atoms with Gasteiger partial charge in [-0.2, -0.15) is 0 Å². The minimum Gasteiger partial charge on any atom is -0.385 e. The number of hydrogen-bond acceptors (Lipinski definition) is 3. The highest BCUT2D eigenvalue weighted by Gasteiger charge is 2.40. The molecule has 156 valence electrons. The largest absolute Gasteiger partial charge is 0.385 e. The van der Waals surface area contributed by atoms with Crippen molar-refractivity contribution >= 4 is 28.9 Å². The second kappa shape index (κ2) is 9.16. The molecule has 0 spiro atoms. The predicted octanol–water partition coefficient (Wildman–Crippen LogP) is 4.84. The van der Waals surface area contributed by atoms with Gasteiger partial charge in [-0.15, -0.1) is 0 Å². The van der Waals surface area contributed by atoms with Crippen LogP contribution in [0.4, 0.5) is 0 Å². The zero-order valence-electron chi connectivity index (χ0n) is 17.1. The molecule has 1 saturated heterocycles. The molecule has 5 nitrogen and oxygen atoms in total. The van der Waals surface area contributed by atoms with Crippen LogP contribution in [0.3, 0.4) is 0 Å². The maximum absolute atomic E-state index is 6.26. The second-order valence-electron chi connectivity index (χ2n) is 7.40. The number of rotatable bonds is 7. The van der Waals surface area contributed by atoms with Gasteiger partial charge in [-0.1, -0.05) is 17.7 Å². The van der Waals surface area contributed by atoms with Gasteiger partial charge in [-0.3, -0.25) is 4.98 Å². The molecule has 0 bridgehead atoms. The van der Waals surface area contributed by atoms with E-state index >= 15 is 0 Å². The van der Waals surface area contributed by atoms with Gasteiger partial charge in [-0.25, -0.2) is 0 Å². The van der Waals surface area contributed by atoms with Gasteiger partial charge in [0.2, 0.25) is 0 Å². The lowest BCUT2D eigenvalue weighted by molar-refractivity contribution is 0.180. The standard InChI is InChI=1S/C23H25ClN4OS/c1-16-15-17(9-10-18(16)24)27-12-5-8-20(27)22-21(19-7-3-4-11-25-19)26-23(30)28(22)13-6-14-29-2/h3-5,7-12,15,21-22H,6,13-14H2,1-2H3,(H,26,30)/t21-,22+/m0/s1. The fourth-order valence-corrected chi connectivity index (χ4v) is 4.45. The van der Waals surface area contributed by atoms with Crippen molar-refractivity contribution in [2.75, 3.05) is 20.3 Å². The number of nitrogens with zero attached hydrogens (tertiary/aromatic N) is 3. The Kier molecular flexibility index (Phi) is 6.37. The summed E-state index contributed by atoms with van der Waals surface area (Å²) >= 11 is 12.0. The normalized spacial score (nSPS) is 18.6. The Hall–Kier alpha value is -2.41. The van der Waals surface area contributed by atoms with Crippen molar-refractivity contribution < 1.29 is 4.74 Å². The molecule has 0 radical (unpaired) electrons. The van der Waals surface area contributed by atoms with E-state index in [2.05, 4.69) is 44.2 Å². The number of hydrogen-bond donors (Lipinski definition) is 1. The molecule has 0 unspecified atom stereocenters. The lowest BCUT2D eigenvalue weighted by Gasteiger charge is -2.29. The average molecular weight is 441 g/mol. The highest BCUT2D eigenvalue weighted by Crippen LogP contribution is 2.39. The molecule has 3 heterocycles. The Morgan fingerprint density at radius 2 is 2.07 bits per heavy atom. The minimum atomic E-state index is -0.0386. The first kappa shape index (κ1) is 20.8. The summed E-state index contributed by atoms with van der Waals surface area (Å²) in [6.07, 6.45) is 4.80. The van der Waals surface area contributed by atoms with E-state index in [0.29, 0.717) is 6.61 Å². The molecule has 0 aliphatic carbocycles. The molecule has 1 aliphatic heterocycles. The molecule has 7 heteroatoms. The van der Waals surface area contributed by atoms with Crippen LogP contribution >= 0.6 is 23.8 Å². The summed E-state index contributed by atoms with van der Waals surface area (Å²) in [6, 6.07) is 16.3. The summed E-state index contributed by atoms with van der Waals surface area (Å²) in [6.45, 7) is 3.52. The van der Waals surface area contributed by atoms with Crippen molar-refractivity contribution in [1.29, 1.82) is 0 Å². The average Bonchev–Trinajstić information content (AvgIpc) is 3.35. The lowest BCUT2D eigenvalue weighted by Crippen LogP contribution is -2.32. The van der Waals surface area contributed by atoms with E-state index in [1.54, 1.807) is 7.11 Å². The number of halogens is 1. The number of aryl methyl sites for hydroxylation is 1. The highest BCUT2D eigenvalue weighted by molar-refractivity contribution is 7.80. The fourth-order valence-electron chi connectivity index (χ4n) is 4.00. The van der Waals surface area contributed by atoms with Crippen LogP contribution in [0.15, 0.2) is 60.9 Å². The van der Waals surface area contributed by atoms with E-state index in [1.807, 2.05) is 43.5 Å². The Morgan fingerprint density at radius 1 is 1.20 bits per heavy atom. The molecular formula is C23H25ClN4OS. The first-order valence-electron chi connectivity index (χ1n) is 10.0. The molecule has 1 fully saturated rings. The third-order valence-electron chi connectivity index (χ3n) is 5.45. The number of methoxy groups -OCH3 is 1. The van der Waals surface area contributed by atoms with Crippen molar-refractivity contribution in [3.63, 3.8) is 0 Å². The van der Waals surface area contributed by atoms with Gasteiger partial charge < -0.3 is 19.5 Å². The Balaban J connectivity index is 1.76. The van der Waals surface area contributed by atoms with Crippen LogP contribution in [-0.2, 0) is 4.74 Å². The monoisotopic (exact) mass is 440 g/mol. The summed E-state index contributed by atoms with van der Waals surface area (Å²) in [5.41, 5.74) is 4.25. The second-order valence-corrected chi connectivity index (χ2v) is 8.20. The molecule has 2 atom stereocenters. The number of pyridine rings is 1. The van der Waals surface area contributed by atoms with Gasteiger partial charge in [0.15, 0.2) is 5.11 Å². The van der Waals surface area contributed by atoms with Crippen molar-refractivity contribution in [3.05, 3.63) is 82.9 Å². The molecule has 4 rings (SSSR count). The van der Waals surface area contributed by atoms with E-state index in [4.69, 9.17) is 28.6 Å². The molecular weight excluding hydrogens is 416 g/mol. The summed E-state index contributed by atoms with van der Waals surface area (Å²) in [7, 11) is 1.72. The van der Waals surface area contributed by atoms with E-state index in [0.717, 1.165) is 45.7 Å². The van der Waals surface area contributed by atoms with E-state index < -0.39 is 0 Å². The first-order valence-corrected chi connectivity index (χ1v) is 10.8. The van der Waals surface area contributed by atoms with Gasteiger partial charge in [-0.05, 0) is 73.6 Å². The van der Waals surface area contributed by atoms with E-state index in [-0.39, 0.29) is 12.1 Å². The van der Waals surface area contributed by atoms with Crippen molar-refractivity contribution in [2.45, 2.75) is 25.4 Å². The number of benzene rings is 1. The maximum atomic E-state index is 6.26. The van der Waals surface area contributed by atoms with Gasteiger partial charge in [0.25, 0.3) is 0 Å². The molecule has 1 N–H and O–H groups in total. The van der Waals surface area contributed by atoms with Gasteiger partial charge in [0.05, 0.1) is 17.8 Å². The third-order valence-corrected chi connectivity index (χ3v) is 6.22. The van der Waals surface area contributed by atoms with Crippen LogP contribution in [-0.4, -0.2) is 39.8 Å². The lowest BCUT2D eigenvalue weighted by atomic mass is 10.0. The molecule has 0 amide bonds. The van der Waals surface area contributed by atoms with Crippen molar-refractivity contribution in [3.8, 4) is 5.69 Å². The van der Waals surface area contributed by atoms with Crippen LogP contribution in [0.5, 0.6) is 0 Å². The van der Waals surface area contributed by atoms with Crippen molar-refractivity contribution in [1.82, 2.24) is 19.8 Å². The Morgan fingerprint density at radius 3 is 2.80 bits per heavy atom. The first-order chi connectivity index (χ1) is 14.6. The summed E-state index contributed by atoms with van der Waals surface area (Å²) < 4.78 is 7.48. The highest BCUT2D eigenvalue weighted by atomic mass is 35.5. The number of aromatic nitrogens is 2. The molecule has 0 saturated carbocycles. The van der Waals surface area contributed by atoms with Crippen molar-refractivity contribution in [2.24, 2.45) is 0 Å². The number of nitrogens with one attached hydrogen (secondary N) is 1. The number of thiocarbonyl (C=S) groups is 1. The van der Waals surface area contributed by atoms with Crippen LogP contribution in [0.1, 0.15) is 35.5 Å².